The summed E-state index contributed by atoms with van der Waals surface area (Å²) in [5.74, 6) is 1.10. The van der Waals surface area contributed by atoms with Gasteiger partial charge >= 0.3 is 0 Å². The van der Waals surface area contributed by atoms with E-state index >= 15 is 0 Å². The Labute approximate surface area is 179 Å². The van der Waals surface area contributed by atoms with E-state index in [1.807, 2.05) is 54.6 Å². The van der Waals surface area contributed by atoms with E-state index in [-0.39, 0.29) is 11.7 Å². The maximum Gasteiger partial charge on any atom is 0.261 e. The van der Waals surface area contributed by atoms with E-state index in [1.165, 1.54) is 0 Å². The van der Waals surface area contributed by atoms with Gasteiger partial charge in [0.25, 0.3) is 5.91 Å². The average Bonchev–Trinajstić information content (AvgIpc) is 3.22. The van der Waals surface area contributed by atoms with E-state index in [1.54, 1.807) is 18.0 Å². The van der Waals surface area contributed by atoms with Crippen LogP contribution in [0.15, 0.2) is 72.1 Å². The Morgan fingerprint density at radius 1 is 1.13 bits per heavy atom. The topological polar surface area (TPSA) is 85.2 Å². The Bertz CT molecular complexity index is 1200. The van der Waals surface area contributed by atoms with Gasteiger partial charge in [-0.2, -0.15) is 5.10 Å². The number of amides is 1. The molecule has 0 unspecified atom stereocenters. The largest absolute Gasteiger partial charge is 0.496 e. The average molecular weight is 414 g/mol. The predicted octanol–water partition coefficient (Wildman–Crippen LogP) is 4.17. The van der Waals surface area contributed by atoms with Crippen LogP contribution in [0.1, 0.15) is 41.2 Å². The van der Waals surface area contributed by atoms with Gasteiger partial charge in [-0.15, -0.1) is 0 Å². The number of para-hydroxylation sites is 2. The fraction of sp³-hybridized carbons (Fsp3) is 0.208. The summed E-state index contributed by atoms with van der Waals surface area (Å²) < 4.78 is 7.31. The zero-order valence-electron chi connectivity index (χ0n) is 17.1. The molecule has 1 aliphatic heterocycles. The van der Waals surface area contributed by atoms with E-state index in [0.717, 1.165) is 24.1 Å². The summed E-state index contributed by atoms with van der Waals surface area (Å²) in [7, 11) is 1.61. The number of nitrogens with zero attached hydrogens (tertiary/aromatic N) is 2. The monoisotopic (exact) mass is 414 g/mol. The summed E-state index contributed by atoms with van der Waals surface area (Å²) in [6.45, 7) is 0. The second-order valence-corrected chi connectivity index (χ2v) is 7.61. The van der Waals surface area contributed by atoms with E-state index < -0.39 is 6.04 Å². The van der Waals surface area contributed by atoms with Crippen molar-refractivity contribution < 1.29 is 14.3 Å². The summed E-state index contributed by atoms with van der Waals surface area (Å²) in [6, 6.07) is 16.5. The molecule has 5 rings (SSSR count). The van der Waals surface area contributed by atoms with Crippen LogP contribution in [0.2, 0.25) is 0 Å². The van der Waals surface area contributed by atoms with Crippen molar-refractivity contribution in [1.82, 2.24) is 9.78 Å². The minimum atomic E-state index is -0.450. The lowest BCUT2D eigenvalue weighted by Crippen LogP contribution is -2.32. The number of Topliss-reactive ketones (excluding diaryl/α,β-unsaturated/α-hetero) is 1. The summed E-state index contributed by atoms with van der Waals surface area (Å²) in [6.07, 6.45) is 3.58. The lowest BCUT2D eigenvalue weighted by atomic mass is 9.85. The second kappa shape index (κ2) is 7.75. The van der Waals surface area contributed by atoms with E-state index in [9.17, 15) is 9.59 Å². The Morgan fingerprint density at radius 2 is 1.90 bits per heavy atom. The van der Waals surface area contributed by atoms with Crippen molar-refractivity contribution in [3.05, 3.63) is 83.2 Å². The molecule has 0 radical (unpaired) electrons. The number of carbonyl (C=O) groups excluding carboxylic acids is 2. The van der Waals surface area contributed by atoms with E-state index in [2.05, 4.69) is 15.7 Å². The number of ether oxygens (including phenoxy) is 1. The number of nitrogens with one attached hydrogen (secondary N) is 2. The molecule has 2 N–H and O–H groups in total. The van der Waals surface area contributed by atoms with Crippen LogP contribution < -0.4 is 15.4 Å². The van der Waals surface area contributed by atoms with Gasteiger partial charge in [-0.25, -0.2) is 4.68 Å². The normalized spacial score (nSPS) is 17.5. The maximum atomic E-state index is 13.0. The number of aromatic nitrogens is 2. The van der Waals surface area contributed by atoms with Gasteiger partial charge in [0.05, 0.1) is 13.3 Å². The number of benzene rings is 2. The molecule has 1 amide bonds. The highest BCUT2D eigenvalue weighted by molar-refractivity contribution is 6.08. The number of methoxy groups -OCH3 is 1. The van der Waals surface area contributed by atoms with Crippen molar-refractivity contribution in [1.29, 1.82) is 0 Å². The zero-order valence-corrected chi connectivity index (χ0v) is 17.1. The Hall–Kier alpha value is -3.87. The molecule has 3 aromatic rings. The molecular weight excluding hydrogens is 392 g/mol. The van der Waals surface area contributed by atoms with Gasteiger partial charge in [-0.1, -0.05) is 36.4 Å². The highest BCUT2D eigenvalue weighted by atomic mass is 16.5. The molecule has 1 aromatic heterocycles. The number of anilines is 2. The lowest BCUT2D eigenvalue weighted by Gasteiger charge is -2.34. The summed E-state index contributed by atoms with van der Waals surface area (Å²) in [4.78, 5) is 26.0. The van der Waals surface area contributed by atoms with Gasteiger partial charge < -0.3 is 15.4 Å². The van der Waals surface area contributed by atoms with Crippen LogP contribution in [-0.4, -0.2) is 28.6 Å². The molecule has 0 spiro atoms. The van der Waals surface area contributed by atoms with Crippen molar-refractivity contribution in [2.45, 2.75) is 25.3 Å². The van der Waals surface area contributed by atoms with Crippen LogP contribution in [0.25, 0.3) is 0 Å². The SMILES string of the molecule is COc1ccccc1[C@H]1C2=C(CCCC2=O)Nc2c(C(=O)Nc3ccccc3)cnn21. The summed E-state index contributed by atoms with van der Waals surface area (Å²) in [5.41, 5.74) is 3.52. The number of carbonyl (C=O) groups is 2. The Kier molecular flexibility index (Phi) is 4.78. The number of hydrogen-bond donors (Lipinski definition) is 2. The number of allylic oxidation sites excluding steroid dienone is 2. The number of hydrogen-bond acceptors (Lipinski definition) is 5. The fourth-order valence-corrected chi connectivity index (χ4v) is 4.32. The van der Waals surface area contributed by atoms with Crippen LogP contribution in [-0.2, 0) is 4.79 Å². The van der Waals surface area contributed by atoms with Crippen molar-refractivity contribution in [3.8, 4) is 5.75 Å². The molecule has 0 bridgehead atoms. The third kappa shape index (κ3) is 3.28. The van der Waals surface area contributed by atoms with E-state index in [4.69, 9.17) is 4.74 Å². The minimum Gasteiger partial charge on any atom is -0.496 e. The van der Waals surface area contributed by atoms with Crippen molar-refractivity contribution >= 4 is 23.2 Å². The van der Waals surface area contributed by atoms with Crippen molar-refractivity contribution in [3.63, 3.8) is 0 Å². The quantitative estimate of drug-likeness (QED) is 0.669. The van der Waals surface area contributed by atoms with Crippen LogP contribution >= 0.6 is 0 Å². The van der Waals surface area contributed by atoms with Crippen LogP contribution in [0.3, 0.4) is 0 Å². The first-order valence-corrected chi connectivity index (χ1v) is 10.3. The van der Waals surface area contributed by atoms with Crippen molar-refractivity contribution in [2.75, 3.05) is 17.7 Å². The second-order valence-electron chi connectivity index (χ2n) is 7.61. The first kappa shape index (κ1) is 19.1. The molecule has 156 valence electrons. The third-order valence-electron chi connectivity index (χ3n) is 5.75. The molecule has 0 fully saturated rings. The van der Waals surface area contributed by atoms with E-state index in [0.29, 0.717) is 34.8 Å². The molecule has 1 atom stereocenters. The predicted molar refractivity (Wildman–Crippen MR) is 117 cm³/mol. The summed E-state index contributed by atoms with van der Waals surface area (Å²) in [5, 5.41) is 10.8. The minimum absolute atomic E-state index is 0.0982. The van der Waals surface area contributed by atoms with Crippen LogP contribution in [0.5, 0.6) is 5.75 Å². The maximum absolute atomic E-state index is 13.0. The zero-order chi connectivity index (χ0) is 21.4. The molecule has 2 aromatic carbocycles. The molecule has 2 aliphatic rings. The highest BCUT2D eigenvalue weighted by Gasteiger charge is 2.38. The first-order chi connectivity index (χ1) is 15.2. The standard InChI is InChI=1S/C24H22N4O3/c1-31-20-13-6-5-10-16(20)22-21-18(11-7-12-19(21)29)27-23-17(14-25-28(22)23)24(30)26-15-8-3-2-4-9-15/h2-6,8-10,13-14,22,27H,7,11-12H2,1H3,(H,26,30)/t22-/m0/s1. The number of fused-ring (bicyclic) bond motifs is 1. The Balaban J connectivity index is 1.61. The summed E-state index contributed by atoms with van der Waals surface area (Å²) >= 11 is 0. The lowest BCUT2D eigenvalue weighted by molar-refractivity contribution is -0.116. The van der Waals surface area contributed by atoms with Crippen LogP contribution in [0, 0.1) is 0 Å². The molecule has 2 heterocycles. The van der Waals surface area contributed by atoms with Gasteiger partial charge in [0.15, 0.2) is 5.78 Å². The molecule has 1 aliphatic carbocycles. The van der Waals surface area contributed by atoms with Crippen LogP contribution in [0.4, 0.5) is 11.5 Å². The van der Waals surface area contributed by atoms with Gasteiger partial charge in [-0.3, -0.25) is 9.59 Å². The molecule has 0 saturated carbocycles. The molecule has 0 saturated heterocycles. The smallest absolute Gasteiger partial charge is 0.261 e. The molecule has 31 heavy (non-hydrogen) atoms. The Morgan fingerprint density at radius 3 is 2.71 bits per heavy atom. The van der Waals surface area contributed by atoms with Gasteiger partial charge in [0, 0.05) is 28.9 Å². The third-order valence-corrected chi connectivity index (χ3v) is 5.75. The van der Waals surface area contributed by atoms with Gasteiger partial charge in [-0.05, 0) is 31.0 Å². The van der Waals surface area contributed by atoms with Crippen molar-refractivity contribution in [2.24, 2.45) is 0 Å². The molecular formula is C24H22N4O3. The van der Waals surface area contributed by atoms with Gasteiger partial charge in [0.1, 0.15) is 23.2 Å². The molecule has 7 heteroatoms. The number of rotatable bonds is 4. The van der Waals surface area contributed by atoms with Gasteiger partial charge in [0.2, 0.25) is 0 Å². The molecule has 7 nitrogen and oxygen atoms in total. The first-order valence-electron chi connectivity index (χ1n) is 10.3. The fourth-order valence-electron chi connectivity index (χ4n) is 4.32. The highest BCUT2D eigenvalue weighted by Crippen LogP contribution is 2.43. The number of ketones is 1.